The number of carbonyl (C=O) groups is 1. The van der Waals surface area contributed by atoms with Crippen molar-refractivity contribution in [2.45, 2.75) is 25.3 Å². The normalized spacial score (nSPS) is 14.9. The number of piperidine rings is 1. The first-order valence-electron chi connectivity index (χ1n) is 9.91. The van der Waals surface area contributed by atoms with Crippen molar-refractivity contribution in [3.05, 3.63) is 71.4 Å². The minimum Gasteiger partial charge on any atom is -0.423 e. The molecule has 0 spiro atoms. The van der Waals surface area contributed by atoms with Gasteiger partial charge in [-0.3, -0.25) is 4.79 Å². The summed E-state index contributed by atoms with van der Waals surface area (Å²) >= 11 is 0. The van der Waals surface area contributed by atoms with Crippen molar-refractivity contribution in [1.82, 2.24) is 9.88 Å². The number of rotatable bonds is 4. The minimum atomic E-state index is -1.57. The van der Waals surface area contributed by atoms with Gasteiger partial charge >= 0.3 is 7.12 Å². The van der Waals surface area contributed by atoms with Gasteiger partial charge in [0.25, 0.3) is 5.91 Å². The molecule has 0 aliphatic carbocycles. The number of carbonyl (C=O) groups excluding carboxylic acids is 1. The molecule has 4 N–H and O–H groups in total. The highest BCUT2D eigenvalue weighted by atomic mass is 16.4. The zero-order chi connectivity index (χ0) is 20.4. The second kappa shape index (κ2) is 8.33. The summed E-state index contributed by atoms with van der Waals surface area (Å²) in [6, 6.07) is 16.9. The van der Waals surface area contributed by atoms with Crippen molar-refractivity contribution in [2.75, 3.05) is 13.1 Å². The summed E-state index contributed by atoms with van der Waals surface area (Å²) in [5, 5.41) is 19.6. The van der Waals surface area contributed by atoms with Crippen LogP contribution in [0.1, 0.15) is 40.4 Å². The molecule has 6 nitrogen and oxygen atoms in total. The van der Waals surface area contributed by atoms with E-state index in [-0.39, 0.29) is 5.91 Å². The van der Waals surface area contributed by atoms with Crippen LogP contribution in [0.15, 0.2) is 54.6 Å². The minimum absolute atomic E-state index is 0.0870. The van der Waals surface area contributed by atoms with E-state index in [0.29, 0.717) is 47.6 Å². The Hall–Kier alpha value is -2.74. The fraction of sp³-hybridized carbons (Fsp3) is 0.273. The van der Waals surface area contributed by atoms with Gasteiger partial charge < -0.3 is 20.7 Å². The first kappa shape index (κ1) is 19.6. The average Bonchev–Trinajstić information content (AvgIpc) is 2.77. The van der Waals surface area contributed by atoms with Crippen LogP contribution in [0.25, 0.3) is 10.9 Å². The summed E-state index contributed by atoms with van der Waals surface area (Å²) in [6.45, 7) is 1.91. The van der Waals surface area contributed by atoms with Crippen LogP contribution in [0.3, 0.4) is 0 Å². The molecule has 4 rings (SSSR count). The van der Waals surface area contributed by atoms with E-state index in [2.05, 4.69) is 17.1 Å². The molecule has 7 heteroatoms. The zero-order valence-electron chi connectivity index (χ0n) is 16.2. The number of amides is 1. The number of nitrogens with zero attached hydrogens (tertiary/aromatic N) is 2. The van der Waals surface area contributed by atoms with Crippen LogP contribution >= 0.6 is 0 Å². The Morgan fingerprint density at radius 2 is 1.86 bits per heavy atom. The molecule has 1 aliphatic heterocycles. The predicted molar refractivity (Wildman–Crippen MR) is 114 cm³/mol. The number of benzene rings is 2. The molecule has 0 unspecified atom stereocenters. The van der Waals surface area contributed by atoms with Gasteiger partial charge in [0.1, 0.15) is 5.69 Å². The lowest BCUT2D eigenvalue weighted by Gasteiger charge is -2.32. The summed E-state index contributed by atoms with van der Waals surface area (Å²) in [4.78, 5) is 19.3. The van der Waals surface area contributed by atoms with Gasteiger partial charge in [-0.25, -0.2) is 4.98 Å². The third-order valence-electron chi connectivity index (χ3n) is 5.70. The van der Waals surface area contributed by atoms with Crippen LogP contribution in [0.4, 0.5) is 0 Å². The Bertz CT molecular complexity index is 1030. The molecule has 148 valence electrons. The quantitative estimate of drug-likeness (QED) is 0.586. The molecule has 29 heavy (non-hydrogen) atoms. The van der Waals surface area contributed by atoms with Gasteiger partial charge in [0.05, 0.1) is 5.52 Å². The lowest BCUT2D eigenvalue weighted by molar-refractivity contribution is 0.0707. The van der Waals surface area contributed by atoms with Crippen LogP contribution < -0.4 is 11.2 Å². The molecular formula is C22H24BN3O3. The smallest absolute Gasteiger partial charge is 0.423 e. The highest BCUT2D eigenvalue weighted by Crippen LogP contribution is 2.29. The summed E-state index contributed by atoms with van der Waals surface area (Å²) < 4.78 is 0. The van der Waals surface area contributed by atoms with E-state index in [9.17, 15) is 14.8 Å². The van der Waals surface area contributed by atoms with Crippen LogP contribution in [-0.4, -0.2) is 46.0 Å². The molecule has 0 saturated carbocycles. The summed E-state index contributed by atoms with van der Waals surface area (Å²) in [7, 11) is -1.57. The summed E-state index contributed by atoms with van der Waals surface area (Å²) in [5.41, 5.74) is 9.52. The van der Waals surface area contributed by atoms with Gasteiger partial charge in [-0.15, -0.1) is 0 Å². The first-order chi connectivity index (χ1) is 14.1. The molecule has 1 aromatic heterocycles. The third-order valence-corrected chi connectivity index (χ3v) is 5.70. The largest absolute Gasteiger partial charge is 0.489 e. The Morgan fingerprint density at radius 3 is 2.59 bits per heavy atom. The maximum absolute atomic E-state index is 13.0. The van der Waals surface area contributed by atoms with E-state index in [0.717, 1.165) is 18.4 Å². The van der Waals surface area contributed by atoms with Gasteiger partial charge in [-0.05, 0) is 52.9 Å². The highest BCUT2D eigenvalue weighted by Gasteiger charge is 2.26. The van der Waals surface area contributed by atoms with Crippen LogP contribution in [0, 0.1) is 0 Å². The van der Waals surface area contributed by atoms with Gasteiger partial charge in [0.15, 0.2) is 0 Å². The fourth-order valence-electron chi connectivity index (χ4n) is 4.07. The van der Waals surface area contributed by atoms with E-state index < -0.39 is 7.12 Å². The maximum atomic E-state index is 13.0. The molecule has 1 amide bonds. The van der Waals surface area contributed by atoms with E-state index in [1.54, 1.807) is 30.3 Å². The van der Waals surface area contributed by atoms with Crippen molar-refractivity contribution in [1.29, 1.82) is 0 Å². The van der Waals surface area contributed by atoms with Crippen molar-refractivity contribution in [2.24, 2.45) is 5.73 Å². The lowest BCUT2D eigenvalue weighted by atomic mass is 9.78. The topological polar surface area (TPSA) is 99.7 Å². The number of fused-ring (bicyclic) bond motifs is 1. The Morgan fingerprint density at radius 1 is 1.10 bits per heavy atom. The van der Waals surface area contributed by atoms with Gasteiger partial charge in [-0.1, -0.05) is 42.5 Å². The fourth-order valence-corrected chi connectivity index (χ4v) is 4.07. The number of nitrogens with two attached hydrogens (primary N) is 1. The van der Waals surface area contributed by atoms with E-state index in [1.807, 2.05) is 17.0 Å². The molecule has 2 heterocycles. The zero-order valence-corrected chi connectivity index (χ0v) is 16.2. The van der Waals surface area contributed by atoms with E-state index in [1.165, 1.54) is 5.56 Å². The monoisotopic (exact) mass is 389 g/mol. The average molecular weight is 389 g/mol. The molecule has 3 aromatic rings. The van der Waals surface area contributed by atoms with Crippen molar-refractivity contribution >= 4 is 29.4 Å². The van der Waals surface area contributed by atoms with Gasteiger partial charge in [0, 0.05) is 19.6 Å². The van der Waals surface area contributed by atoms with Crippen LogP contribution in [0.5, 0.6) is 0 Å². The molecule has 0 radical (unpaired) electrons. The first-order valence-corrected chi connectivity index (χ1v) is 9.91. The Kier molecular flexibility index (Phi) is 5.62. The third kappa shape index (κ3) is 4.03. The predicted octanol–water partition coefficient (Wildman–Crippen LogP) is 1.39. The number of likely N-dealkylation sites (tertiary alicyclic amines) is 1. The highest BCUT2D eigenvalue weighted by molar-refractivity contribution is 6.61. The Labute approximate surface area is 170 Å². The summed E-state index contributed by atoms with van der Waals surface area (Å²) in [6.07, 6.45) is 1.82. The Balaban J connectivity index is 1.48. The van der Waals surface area contributed by atoms with Crippen molar-refractivity contribution in [3.63, 3.8) is 0 Å². The maximum Gasteiger partial charge on any atom is 0.489 e. The second-order valence-electron chi connectivity index (χ2n) is 7.50. The van der Waals surface area contributed by atoms with Crippen molar-refractivity contribution in [3.8, 4) is 0 Å². The molecule has 1 saturated heterocycles. The van der Waals surface area contributed by atoms with Crippen LogP contribution in [-0.2, 0) is 6.54 Å². The number of aromatic nitrogens is 1. The summed E-state index contributed by atoms with van der Waals surface area (Å²) in [5.74, 6) is 0.347. The second-order valence-corrected chi connectivity index (χ2v) is 7.50. The van der Waals surface area contributed by atoms with E-state index >= 15 is 0 Å². The molecular weight excluding hydrogens is 365 g/mol. The molecule has 1 aliphatic rings. The number of hydrogen-bond donors (Lipinski definition) is 3. The molecule has 0 atom stereocenters. The molecule has 2 aromatic carbocycles. The van der Waals surface area contributed by atoms with Gasteiger partial charge in [-0.2, -0.15) is 0 Å². The number of pyridine rings is 1. The van der Waals surface area contributed by atoms with Crippen molar-refractivity contribution < 1.29 is 14.8 Å². The van der Waals surface area contributed by atoms with Gasteiger partial charge in [0.2, 0.25) is 0 Å². The van der Waals surface area contributed by atoms with Crippen LogP contribution in [0.2, 0.25) is 0 Å². The lowest BCUT2D eigenvalue weighted by Crippen LogP contribution is -2.38. The standard InChI is InChI=1S/C22H24BN3O3/c24-14-15-3-1-4-17(13-15)16-9-11-26(12-10-16)22(27)21-8-7-18-19(23(28)29)5-2-6-20(18)25-21/h1-8,13,16,28-29H,9-12,14,24H2. The van der Waals surface area contributed by atoms with E-state index in [4.69, 9.17) is 5.73 Å². The number of hydrogen-bond acceptors (Lipinski definition) is 5. The molecule has 0 bridgehead atoms. The molecule has 1 fully saturated rings. The SMILES string of the molecule is NCc1cccc(C2CCN(C(=O)c3ccc4c(B(O)O)cccc4n3)CC2)c1.